The van der Waals surface area contributed by atoms with Crippen LogP contribution in [0.15, 0.2) is 0 Å². The molecule has 4 nitrogen and oxygen atoms in total. The second-order valence-corrected chi connectivity index (χ2v) is 2.57. The minimum absolute atomic E-state index is 0.146. The van der Waals surface area contributed by atoms with Crippen LogP contribution in [0.2, 0.25) is 0 Å². The van der Waals surface area contributed by atoms with Crippen molar-refractivity contribution in [2.45, 2.75) is 30.8 Å². The van der Waals surface area contributed by atoms with Gasteiger partial charge in [0.25, 0.3) is 0 Å². The van der Waals surface area contributed by atoms with Gasteiger partial charge in [-0.25, -0.2) is 0 Å². The lowest BCUT2D eigenvalue weighted by Crippen LogP contribution is -2.28. The van der Waals surface area contributed by atoms with Gasteiger partial charge < -0.3 is 10.2 Å². The van der Waals surface area contributed by atoms with Crippen LogP contribution in [0.1, 0.15) is 19.3 Å². The van der Waals surface area contributed by atoms with Crippen molar-refractivity contribution in [1.82, 2.24) is 0 Å². The van der Waals surface area contributed by atoms with E-state index in [4.69, 9.17) is 10.2 Å². The normalized spacial score (nSPS) is 30.7. The highest BCUT2D eigenvalue weighted by atomic mass is 16.5. The maximum atomic E-state index is 10.5. The Bertz CT molecular complexity index is 104. The summed E-state index contributed by atoms with van der Waals surface area (Å²) in [6, 6.07) is 0. The Morgan fingerprint density at radius 3 is 1.44 bits per heavy atom. The molecule has 2 unspecified atom stereocenters. The highest BCUT2D eigenvalue weighted by Gasteiger charge is 2.46. The molecule has 0 aromatic rings. The fourth-order valence-electron chi connectivity index (χ4n) is 0.999. The predicted octanol–water partition coefficient (Wildman–Crippen LogP) is -0.592. The summed E-state index contributed by atoms with van der Waals surface area (Å²) < 4.78 is 0. The molecule has 0 saturated heterocycles. The molecular formula is C5H8O4. The van der Waals surface area contributed by atoms with Gasteiger partial charge in [0.15, 0.2) is 0 Å². The molecule has 0 spiro atoms. The van der Waals surface area contributed by atoms with E-state index in [1.807, 2.05) is 0 Å². The molecule has 52 valence electrons. The first-order valence-electron chi connectivity index (χ1n) is 2.77. The summed E-state index contributed by atoms with van der Waals surface area (Å²) in [7, 11) is 0. The molecule has 2 radical (unpaired) electrons. The minimum atomic E-state index is -2.18. The van der Waals surface area contributed by atoms with Gasteiger partial charge in [-0.3, -0.25) is 0 Å². The van der Waals surface area contributed by atoms with E-state index < -0.39 is 18.0 Å². The first kappa shape index (κ1) is 6.95. The summed E-state index contributed by atoms with van der Waals surface area (Å²) in [4.78, 5) is 0. The van der Waals surface area contributed by atoms with Gasteiger partial charge in [-0.05, 0) is 0 Å². The Morgan fingerprint density at radius 1 is 1.00 bits per heavy atom. The van der Waals surface area contributed by atoms with Gasteiger partial charge in [0, 0.05) is 12.8 Å². The summed E-state index contributed by atoms with van der Waals surface area (Å²) in [5, 5.41) is 38.3. The first-order chi connectivity index (χ1) is 3.91. The Hall–Kier alpha value is -0.160. The molecule has 1 aliphatic carbocycles. The molecule has 9 heavy (non-hydrogen) atoms. The molecule has 0 aliphatic heterocycles. The second-order valence-electron chi connectivity index (χ2n) is 2.57. The van der Waals surface area contributed by atoms with E-state index in [1.54, 1.807) is 0 Å². The summed E-state index contributed by atoms with van der Waals surface area (Å²) in [5.74, 6) is -4.37. The van der Waals surface area contributed by atoms with E-state index in [2.05, 4.69) is 0 Å². The fraction of sp³-hybridized carbons (Fsp3) is 1.00. The van der Waals surface area contributed by atoms with E-state index in [9.17, 15) is 10.2 Å². The van der Waals surface area contributed by atoms with E-state index >= 15 is 0 Å². The summed E-state index contributed by atoms with van der Waals surface area (Å²) in [6.07, 6.45) is -0.889. The zero-order chi connectivity index (χ0) is 7.12. The Labute approximate surface area is 52.4 Å². The van der Waals surface area contributed by atoms with Crippen molar-refractivity contribution in [2.24, 2.45) is 0 Å². The highest BCUT2D eigenvalue weighted by molar-refractivity contribution is 4.84. The number of aliphatic hydroxyl groups is 2. The maximum Gasteiger partial charge on any atom is 0.204 e. The van der Waals surface area contributed by atoms with Gasteiger partial charge in [0.05, 0.1) is 6.42 Å². The standard InChI is InChI=1S/C5H8O4/c6-4(7)1-2-5(8,9)3-4/h6,8H,1-3H2. The lowest BCUT2D eigenvalue weighted by Gasteiger charge is -2.12. The zero-order valence-electron chi connectivity index (χ0n) is 4.83. The largest absolute Gasteiger partial charge is 0.363 e. The van der Waals surface area contributed by atoms with Crippen molar-refractivity contribution in [3.8, 4) is 0 Å². The molecule has 0 aromatic carbocycles. The van der Waals surface area contributed by atoms with Gasteiger partial charge in [-0.2, -0.15) is 10.2 Å². The Morgan fingerprint density at radius 2 is 1.33 bits per heavy atom. The quantitative estimate of drug-likeness (QED) is 0.432. The van der Waals surface area contributed by atoms with E-state index in [1.165, 1.54) is 0 Å². The average molecular weight is 132 g/mol. The molecule has 4 heteroatoms. The summed E-state index contributed by atoms with van der Waals surface area (Å²) >= 11 is 0. The highest BCUT2D eigenvalue weighted by Crippen LogP contribution is 2.34. The van der Waals surface area contributed by atoms with Crippen molar-refractivity contribution < 1.29 is 20.4 Å². The van der Waals surface area contributed by atoms with E-state index in [0.717, 1.165) is 0 Å². The van der Waals surface area contributed by atoms with E-state index in [-0.39, 0.29) is 12.8 Å². The molecule has 0 heterocycles. The molecule has 2 N–H and O–H groups in total. The van der Waals surface area contributed by atoms with Crippen molar-refractivity contribution in [3.05, 3.63) is 0 Å². The van der Waals surface area contributed by atoms with E-state index in [0.29, 0.717) is 0 Å². The first-order valence-corrected chi connectivity index (χ1v) is 2.77. The van der Waals surface area contributed by atoms with Crippen molar-refractivity contribution >= 4 is 0 Å². The van der Waals surface area contributed by atoms with Gasteiger partial charge in [-0.15, -0.1) is 0 Å². The minimum Gasteiger partial charge on any atom is -0.363 e. The zero-order valence-corrected chi connectivity index (χ0v) is 4.83. The van der Waals surface area contributed by atoms with Crippen LogP contribution in [0.25, 0.3) is 0 Å². The third-order valence-electron chi connectivity index (χ3n) is 1.46. The molecule has 0 bridgehead atoms. The van der Waals surface area contributed by atoms with Gasteiger partial charge in [0.1, 0.15) is 0 Å². The van der Waals surface area contributed by atoms with Gasteiger partial charge in [0.2, 0.25) is 11.6 Å². The topological polar surface area (TPSA) is 80.3 Å². The fourth-order valence-corrected chi connectivity index (χ4v) is 0.999. The summed E-state index contributed by atoms with van der Waals surface area (Å²) in [6.45, 7) is 0. The second kappa shape index (κ2) is 1.67. The molecule has 1 aliphatic rings. The predicted molar refractivity (Wildman–Crippen MR) is 25.1 cm³/mol. The Balaban J connectivity index is 2.58. The van der Waals surface area contributed by atoms with Gasteiger partial charge in [-0.1, -0.05) is 0 Å². The van der Waals surface area contributed by atoms with Crippen LogP contribution in [0.4, 0.5) is 0 Å². The lowest BCUT2D eigenvalue weighted by atomic mass is 10.2. The average Bonchev–Trinajstić information content (AvgIpc) is 1.78. The lowest BCUT2D eigenvalue weighted by molar-refractivity contribution is -0.251. The number of hydrogen-bond donors (Lipinski definition) is 2. The van der Waals surface area contributed by atoms with Crippen LogP contribution in [0.5, 0.6) is 0 Å². The van der Waals surface area contributed by atoms with Crippen molar-refractivity contribution in [3.63, 3.8) is 0 Å². The molecule has 2 atom stereocenters. The van der Waals surface area contributed by atoms with Crippen LogP contribution >= 0.6 is 0 Å². The van der Waals surface area contributed by atoms with Crippen LogP contribution in [-0.2, 0) is 10.2 Å². The molecular weight excluding hydrogens is 124 g/mol. The Kier molecular flexibility index (Phi) is 1.29. The third-order valence-corrected chi connectivity index (χ3v) is 1.46. The molecule has 0 aromatic heterocycles. The monoisotopic (exact) mass is 132 g/mol. The number of hydrogen-bond acceptors (Lipinski definition) is 2. The van der Waals surface area contributed by atoms with Gasteiger partial charge >= 0.3 is 0 Å². The number of rotatable bonds is 0. The SMILES string of the molecule is [O]C1(O)CCC([O])(O)C1. The molecule has 1 fully saturated rings. The third kappa shape index (κ3) is 1.62. The van der Waals surface area contributed by atoms with Crippen molar-refractivity contribution in [2.75, 3.05) is 0 Å². The van der Waals surface area contributed by atoms with Crippen LogP contribution in [0.3, 0.4) is 0 Å². The molecule has 1 rings (SSSR count). The van der Waals surface area contributed by atoms with Crippen LogP contribution in [-0.4, -0.2) is 21.8 Å². The smallest absolute Gasteiger partial charge is 0.204 e. The molecule has 1 saturated carbocycles. The maximum absolute atomic E-state index is 10.5. The van der Waals surface area contributed by atoms with Crippen LogP contribution in [0, 0.1) is 0 Å². The van der Waals surface area contributed by atoms with Crippen molar-refractivity contribution in [1.29, 1.82) is 0 Å². The van der Waals surface area contributed by atoms with Crippen LogP contribution < -0.4 is 0 Å². The summed E-state index contributed by atoms with van der Waals surface area (Å²) in [5.41, 5.74) is 0. The molecule has 0 amide bonds.